The summed E-state index contributed by atoms with van der Waals surface area (Å²) in [6, 6.07) is 4.28. The first kappa shape index (κ1) is 22.2. The number of nitrogens with one attached hydrogen (secondary N) is 1. The number of nitrogens with zero attached hydrogens (tertiary/aromatic N) is 3. The fraction of sp³-hybridized carbons (Fsp3) is 0.368. The number of benzene rings is 1. The number of aliphatic carboxylic acids is 1. The van der Waals surface area contributed by atoms with Gasteiger partial charge in [0.25, 0.3) is 5.91 Å². The molecule has 1 amide bonds. The number of carbonyl (C=O) groups excluding carboxylic acids is 1. The van der Waals surface area contributed by atoms with Crippen molar-refractivity contribution in [3.8, 4) is 0 Å². The van der Waals surface area contributed by atoms with Crippen LogP contribution < -0.4 is 0 Å². The third kappa shape index (κ3) is 5.01. The zero-order chi connectivity index (χ0) is 22.8. The van der Waals surface area contributed by atoms with E-state index in [2.05, 4.69) is 15.0 Å². The Morgan fingerprint density at radius 2 is 2.00 bits per heavy atom. The number of carboxylic acid groups (broad SMARTS) is 1. The maximum Gasteiger partial charge on any atom is 0.490 e. The smallest absolute Gasteiger partial charge is 0.475 e. The van der Waals surface area contributed by atoms with Gasteiger partial charge in [-0.25, -0.2) is 19.2 Å². The van der Waals surface area contributed by atoms with E-state index in [0.717, 1.165) is 19.3 Å². The number of halogens is 4. The van der Waals surface area contributed by atoms with Gasteiger partial charge >= 0.3 is 12.1 Å². The van der Waals surface area contributed by atoms with Crippen LogP contribution in [0.25, 0.3) is 11.0 Å². The second kappa shape index (κ2) is 8.74. The largest absolute Gasteiger partial charge is 0.490 e. The highest BCUT2D eigenvalue weighted by Gasteiger charge is 2.38. The molecule has 4 rings (SSSR count). The first-order valence-corrected chi connectivity index (χ1v) is 9.24. The SMILES string of the molecule is Cc1ocnc1C(=O)N1CCCCC1c1nc2ccc(F)cc2[nH]1.O=C(O)C(F)(F)F. The summed E-state index contributed by atoms with van der Waals surface area (Å²) in [5.41, 5.74) is 1.67. The molecular formula is C19H18F4N4O4. The van der Waals surface area contributed by atoms with E-state index in [1.165, 1.54) is 18.5 Å². The van der Waals surface area contributed by atoms with Gasteiger partial charge in [-0.3, -0.25) is 4.79 Å². The van der Waals surface area contributed by atoms with E-state index in [9.17, 15) is 22.4 Å². The fourth-order valence-corrected chi connectivity index (χ4v) is 3.26. The van der Waals surface area contributed by atoms with Gasteiger partial charge in [0.2, 0.25) is 0 Å². The summed E-state index contributed by atoms with van der Waals surface area (Å²) in [4.78, 5) is 35.3. The molecule has 3 aromatic rings. The van der Waals surface area contributed by atoms with Crippen molar-refractivity contribution in [3.63, 3.8) is 0 Å². The van der Waals surface area contributed by atoms with Gasteiger partial charge in [-0.2, -0.15) is 13.2 Å². The molecule has 0 bridgehead atoms. The Balaban J connectivity index is 0.000000339. The molecule has 1 aliphatic rings. The Morgan fingerprint density at radius 3 is 2.61 bits per heavy atom. The number of oxazole rings is 1. The predicted octanol–water partition coefficient (Wildman–Crippen LogP) is 4.00. The average molecular weight is 442 g/mol. The zero-order valence-corrected chi connectivity index (χ0v) is 16.2. The Labute approximate surface area is 172 Å². The van der Waals surface area contributed by atoms with Crippen LogP contribution in [0.5, 0.6) is 0 Å². The monoisotopic (exact) mass is 442 g/mol. The minimum atomic E-state index is -5.08. The lowest BCUT2D eigenvalue weighted by atomic mass is 10.0. The van der Waals surface area contributed by atoms with Crippen LogP contribution in [0.3, 0.4) is 0 Å². The van der Waals surface area contributed by atoms with E-state index in [1.54, 1.807) is 17.9 Å². The van der Waals surface area contributed by atoms with Crippen LogP contribution in [0, 0.1) is 12.7 Å². The molecule has 12 heteroatoms. The van der Waals surface area contributed by atoms with Crippen molar-refractivity contribution in [3.05, 3.63) is 47.7 Å². The van der Waals surface area contributed by atoms with E-state index in [-0.39, 0.29) is 17.8 Å². The molecule has 1 aliphatic heterocycles. The molecule has 1 unspecified atom stereocenters. The highest BCUT2D eigenvalue weighted by atomic mass is 19.4. The molecule has 2 N–H and O–H groups in total. The number of H-pyrrole nitrogens is 1. The number of imidazole rings is 1. The number of hydrogen-bond acceptors (Lipinski definition) is 5. The molecule has 0 spiro atoms. The van der Waals surface area contributed by atoms with E-state index in [0.29, 0.717) is 34.9 Å². The number of amides is 1. The number of hydrogen-bond donors (Lipinski definition) is 2. The van der Waals surface area contributed by atoms with Crippen molar-refractivity contribution in [2.24, 2.45) is 0 Å². The standard InChI is InChI=1S/C17H17FN4O2.C2HF3O2/c1-10-15(19-9-24-10)17(23)22-7-3-2-4-14(22)16-20-12-6-5-11(18)8-13(12)21-16;3-2(4,5)1(6)7/h5-6,8-9,14H,2-4,7H2,1H3,(H,20,21);(H,6,7). The van der Waals surface area contributed by atoms with Crippen LogP contribution >= 0.6 is 0 Å². The second-order valence-corrected chi connectivity index (χ2v) is 6.85. The highest BCUT2D eigenvalue weighted by molar-refractivity contribution is 5.93. The molecule has 1 saturated heterocycles. The maximum absolute atomic E-state index is 13.4. The number of carbonyl (C=O) groups is 2. The van der Waals surface area contributed by atoms with Crippen molar-refractivity contribution in [2.75, 3.05) is 6.54 Å². The van der Waals surface area contributed by atoms with E-state index < -0.39 is 12.1 Å². The van der Waals surface area contributed by atoms with Crippen LogP contribution in [0.2, 0.25) is 0 Å². The molecule has 8 nitrogen and oxygen atoms in total. The third-order valence-corrected chi connectivity index (χ3v) is 4.73. The average Bonchev–Trinajstić information content (AvgIpc) is 3.32. The summed E-state index contributed by atoms with van der Waals surface area (Å²) in [6.45, 7) is 2.37. The second-order valence-electron chi connectivity index (χ2n) is 6.85. The highest BCUT2D eigenvalue weighted by Crippen LogP contribution is 2.32. The van der Waals surface area contributed by atoms with Crippen molar-refractivity contribution in [1.29, 1.82) is 0 Å². The summed E-state index contributed by atoms with van der Waals surface area (Å²) >= 11 is 0. The van der Waals surface area contributed by atoms with Crippen molar-refractivity contribution < 1.29 is 36.7 Å². The number of likely N-dealkylation sites (tertiary alicyclic amines) is 1. The summed E-state index contributed by atoms with van der Waals surface area (Å²) in [5, 5.41) is 7.12. The summed E-state index contributed by atoms with van der Waals surface area (Å²) in [6.07, 6.45) is -1.04. The molecule has 31 heavy (non-hydrogen) atoms. The van der Waals surface area contributed by atoms with Crippen LogP contribution in [-0.2, 0) is 4.79 Å². The predicted molar refractivity (Wildman–Crippen MR) is 98.6 cm³/mol. The first-order chi connectivity index (χ1) is 14.6. The molecule has 2 aromatic heterocycles. The van der Waals surface area contributed by atoms with Crippen LogP contribution in [-0.4, -0.2) is 49.6 Å². The molecule has 1 atom stereocenters. The van der Waals surface area contributed by atoms with Crippen molar-refractivity contribution in [1.82, 2.24) is 19.9 Å². The Kier molecular flexibility index (Phi) is 6.27. The number of rotatable bonds is 2. The van der Waals surface area contributed by atoms with Crippen LogP contribution in [0.1, 0.15) is 47.4 Å². The molecule has 0 aliphatic carbocycles. The molecule has 166 valence electrons. The first-order valence-electron chi connectivity index (χ1n) is 9.24. The Bertz CT molecular complexity index is 1090. The maximum atomic E-state index is 13.4. The number of aryl methyl sites for hydroxylation is 1. The molecule has 0 radical (unpaired) electrons. The van der Waals surface area contributed by atoms with Crippen molar-refractivity contribution >= 4 is 22.9 Å². The van der Waals surface area contributed by atoms with Gasteiger partial charge in [0.15, 0.2) is 12.1 Å². The molecular weight excluding hydrogens is 424 g/mol. The number of fused-ring (bicyclic) bond motifs is 1. The summed E-state index contributed by atoms with van der Waals surface area (Å²) in [7, 11) is 0. The topological polar surface area (TPSA) is 112 Å². The van der Waals surface area contributed by atoms with Crippen LogP contribution in [0.15, 0.2) is 29.0 Å². The lowest BCUT2D eigenvalue weighted by Gasteiger charge is -2.34. The van der Waals surface area contributed by atoms with E-state index in [4.69, 9.17) is 14.3 Å². The lowest BCUT2D eigenvalue weighted by molar-refractivity contribution is -0.192. The summed E-state index contributed by atoms with van der Waals surface area (Å²) in [5.74, 6) is -2.03. The molecule has 3 heterocycles. The van der Waals surface area contributed by atoms with Gasteiger partial charge in [0.05, 0.1) is 17.1 Å². The molecule has 1 aromatic carbocycles. The summed E-state index contributed by atoms with van der Waals surface area (Å²) < 4.78 is 50.3. The minimum absolute atomic E-state index is 0.155. The van der Waals surface area contributed by atoms with Crippen LogP contribution in [0.4, 0.5) is 17.6 Å². The normalized spacial score (nSPS) is 16.7. The number of aromatic nitrogens is 3. The van der Waals surface area contributed by atoms with Gasteiger partial charge in [-0.1, -0.05) is 0 Å². The third-order valence-electron chi connectivity index (χ3n) is 4.73. The van der Waals surface area contributed by atoms with Gasteiger partial charge in [-0.15, -0.1) is 0 Å². The molecule has 0 saturated carbocycles. The number of carboxylic acids is 1. The minimum Gasteiger partial charge on any atom is -0.475 e. The zero-order valence-electron chi connectivity index (χ0n) is 16.2. The van der Waals surface area contributed by atoms with E-state index >= 15 is 0 Å². The van der Waals surface area contributed by atoms with Gasteiger partial charge in [0.1, 0.15) is 17.4 Å². The quantitative estimate of drug-likeness (QED) is 0.580. The van der Waals surface area contributed by atoms with Gasteiger partial charge in [0, 0.05) is 6.54 Å². The van der Waals surface area contributed by atoms with Gasteiger partial charge < -0.3 is 19.4 Å². The number of piperidine rings is 1. The Hall–Kier alpha value is -3.44. The fourth-order valence-electron chi connectivity index (χ4n) is 3.26. The molecule has 1 fully saturated rings. The van der Waals surface area contributed by atoms with Gasteiger partial charge in [-0.05, 0) is 44.4 Å². The number of aromatic amines is 1. The Morgan fingerprint density at radius 1 is 1.29 bits per heavy atom. The van der Waals surface area contributed by atoms with E-state index in [1.807, 2.05) is 0 Å². The lowest BCUT2D eigenvalue weighted by Crippen LogP contribution is -2.39. The van der Waals surface area contributed by atoms with Crippen molar-refractivity contribution in [2.45, 2.75) is 38.4 Å². The number of alkyl halides is 3.